The fourth-order valence-electron chi connectivity index (χ4n) is 6.07. The van der Waals surface area contributed by atoms with Crippen molar-refractivity contribution in [1.29, 1.82) is 0 Å². The number of carbonyl (C=O) groups excluding carboxylic acids is 2. The fourth-order valence-corrected chi connectivity index (χ4v) is 6.98. The Morgan fingerprint density at radius 1 is 1.10 bits per heavy atom. The van der Waals surface area contributed by atoms with Crippen LogP contribution in [0.4, 0.5) is 0 Å². The third-order valence-electron chi connectivity index (χ3n) is 8.62. The van der Waals surface area contributed by atoms with E-state index in [4.69, 9.17) is 5.10 Å². The van der Waals surface area contributed by atoms with E-state index in [0.717, 1.165) is 35.5 Å². The molecule has 1 unspecified atom stereocenters. The number of aromatic nitrogens is 2. The van der Waals surface area contributed by atoms with Crippen molar-refractivity contribution in [2.75, 3.05) is 33.7 Å². The van der Waals surface area contributed by atoms with Crippen LogP contribution in [0.1, 0.15) is 69.8 Å². The van der Waals surface area contributed by atoms with Crippen molar-refractivity contribution < 1.29 is 18.0 Å². The summed E-state index contributed by atoms with van der Waals surface area (Å²) in [5.74, 6) is 0.389. The predicted molar refractivity (Wildman–Crippen MR) is 159 cm³/mol. The summed E-state index contributed by atoms with van der Waals surface area (Å²) in [4.78, 5) is 31.6. The number of nitrogens with one attached hydrogen (secondary N) is 1. The average Bonchev–Trinajstić information content (AvgIpc) is 3.21. The van der Waals surface area contributed by atoms with Crippen LogP contribution in [-0.4, -0.2) is 89.4 Å². The molecule has 4 rings (SSSR count). The largest absolute Gasteiger partial charge is 0.342 e. The second kappa shape index (κ2) is 12.2. The Hall–Kier alpha value is -2.76. The Kier molecular flexibility index (Phi) is 9.30. The number of hydrogen-bond donors (Lipinski definition) is 1. The van der Waals surface area contributed by atoms with E-state index < -0.39 is 21.6 Å². The minimum atomic E-state index is -3.50. The molecule has 0 bridgehead atoms. The van der Waals surface area contributed by atoms with Crippen LogP contribution >= 0.6 is 0 Å². The highest BCUT2D eigenvalue weighted by Gasteiger charge is 2.53. The minimum Gasteiger partial charge on any atom is -0.342 e. The summed E-state index contributed by atoms with van der Waals surface area (Å²) < 4.78 is 28.0. The number of hydrogen-bond acceptors (Lipinski definition) is 6. The third kappa shape index (κ3) is 6.08. The van der Waals surface area contributed by atoms with Gasteiger partial charge >= 0.3 is 0 Å². The van der Waals surface area contributed by atoms with Gasteiger partial charge in [-0.15, -0.1) is 0 Å². The minimum absolute atomic E-state index is 0.00147. The molecular formula is C30H46N6O4S. The van der Waals surface area contributed by atoms with Gasteiger partial charge in [-0.3, -0.25) is 14.5 Å². The smallest absolute Gasteiger partial charge is 0.246 e. The molecule has 41 heavy (non-hydrogen) atoms. The molecule has 2 fully saturated rings. The van der Waals surface area contributed by atoms with Gasteiger partial charge in [0, 0.05) is 51.5 Å². The Balaban J connectivity index is 1.49. The zero-order chi connectivity index (χ0) is 30.1. The molecule has 1 atom stereocenters. The van der Waals surface area contributed by atoms with Gasteiger partial charge in [0.05, 0.1) is 16.3 Å². The third-order valence-corrected chi connectivity index (χ3v) is 10.4. The summed E-state index contributed by atoms with van der Waals surface area (Å²) in [6.45, 7) is 13.0. The van der Waals surface area contributed by atoms with Crippen LogP contribution in [0.15, 0.2) is 29.2 Å². The molecular weight excluding hydrogens is 540 g/mol. The van der Waals surface area contributed by atoms with Crippen LogP contribution in [0.2, 0.25) is 0 Å². The molecule has 1 spiro atoms. The van der Waals surface area contributed by atoms with E-state index in [1.807, 2.05) is 23.4 Å². The number of amides is 2. The van der Waals surface area contributed by atoms with Crippen LogP contribution in [0.3, 0.4) is 0 Å². The zero-order valence-electron chi connectivity index (χ0n) is 25.6. The van der Waals surface area contributed by atoms with Gasteiger partial charge in [-0.2, -0.15) is 5.10 Å². The lowest BCUT2D eigenvalue weighted by Crippen LogP contribution is -2.73. The molecule has 2 amide bonds. The summed E-state index contributed by atoms with van der Waals surface area (Å²) in [6.07, 6.45) is 3.73. The van der Waals surface area contributed by atoms with Gasteiger partial charge in [-0.05, 0) is 69.7 Å². The van der Waals surface area contributed by atoms with Crippen LogP contribution in [0.5, 0.6) is 0 Å². The molecule has 226 valence electrons. The maximum Gasteiger partial charge on any atom is 0.246 e. The van der Waals surface area contributed by atoms with Crippen molar-refractivity contribution >= 4 is 21.8 Å². The lowest BCUT2D eigenvalue weighted by Gasteiger charge is -2.52. The Morgan fingerprint density at radius 2 is 1.73 bits per heavy atom. The predicted octanol–water partition coefficient (Wildman–Crippen LogP) is 3.25. The molecule has 2 aliphatic rings. The van der Waals surface area contributed by atoms with Crippen molar-refractivity contribution in [3.05, 3.63) is 41.2 Å². The number of piperazine rings is 1. The van der Waals surface area contributed by atoms with Crippen molar-refractivity contribution in [1.82, 2.24) is 29.2 Å². The molecule has 1 aromatic heterocycles. The highest BCUT2D eigenvalue weighted by molar-refractivity contribution is 7.89. The van der Waals surface area contributed by atoms with E-state index in [1.54, 1.807) is 24.3 Å². The van der Waals surface area contributed by atoms with Crippen molar-refractivity contribution in [2.45, 2.75) is 89.7 Å². The molecule has 0 aliphatic carbocycles. The number of aryl methyl sites for hydroxylation is 1. The maximum absolute atomic E-state index is 13.6. The highest BCUT2D eigenvalue weighted by Crippen LogP contribution is 2.35. The Bertz CT molecular complexity index is 1360. The molecule has 2 aliphatic heterocycles. The quantitative estimate of drug-likeness (QED) is 0.458. The molecule has 10 nitrogen and oxygen atoms in total. The van der Waals surface area contributed by atoms with Crippen molar-refractivity contribution in [3.8, 4) is 5.69 Å². The van der Waals surface area contributed by atoms with E-state index in [2.05, 4.69) is 31.0 Å². The molecule has 0 radical (unpaired) electrons. The number of rotatable bonds is 10. The van der Waals surface area contributed by atoms with Gasteiger partial charge in [0.25, 0.3) is 0 Å². The Labute approximate surface area is 245 Å². The van der Waals surface area contributed by atoms with Gasteiger partial charge in [-0.25, -0.2) is 17.4 Å². The van der Waals surface area contributed by atoms with Gasteiger partial charge in [0.15, 0.2) is 0 Å². The summed E-state index contributed by atoms with van der Waals surface area (Å²) in [5, 5.41) is 7.85. The maximum atomic E-state index is 13.6. The van der Waals surface area contributed by atoms with Crippen molar-refractivity contribution in [2.24, 2.45) is 5.92 Å². The van der Waals surface area contributed by atoms with E-state index in [9.17, 15) is 18.0 Å². The molecule has 2 saturated heterocycles. The van der Waals surface area contributed by atoms with E-state index >= 15 is 0 Å². The number of carbonyl (C=O) groups is 2. The number of benzene rings is 1. The molecule has 3 heterocycles. The molecule has 1 aromatic carbocycles. The molecule has 0 saturated carbocycles. The second-order valence-corrected chi connectivity index (χ2v) is 14.3. The lowest BCUT2D eigenvalue weighted by molar-refractivity contribution is -0.161. The summed E-state index contributed by atoms with van der Waals surface area (Å²) in [6, 6.07) is 6.34. The highest BCUT2D eigenvalue weighted by atomic mass is 32.2. The average molecular weight is 587 g/mol. The van der Waals surface area contributed by atoms with E-state index in [1.165, 1.54) is 18.4 Å². The molecule has 1 N–H and O–H groups in total. The first-order chi connectivity index (χ1) is 19.3. The number of nitrogens with zero attached hydrogens (tertiary/aromatic N) is 5. The summed E-state index contributed by atoms with van der Waals surface area (Å²) in [5.41, 5.74) is 3.05. The van der Waals surface area contributed by atoms with Crippen LogP contribution in [0, 0.1) is 19.8 Å². The Morgan fingerprint density at radius 3 is 2.29 bits per heavy atom. The van der Waals surface area contributed by atoms with E-state index in [0.29, 0.717) is 51.4 Å². The standard InChI is InChI=1S/C30H46N6O4S/c1-8-9-16-35-28(37)27(19-21(2)3)31-29(38)30(35)14-17-34(18-15-30)20-26-22(4)32-36(23(26)5)24-10-12-25(13-11-24)41(39,40)33(6)7/h10-13,21,27H,8-9,14-20H2,1-7H3,(H,31,38). The fraction of sp³-hybridized carbons (Fsp3) is 0.633. The first-order valence-corrected chi connectivity index (χ1v) is 16.2. The van der Waals surface area contributed by atoms with Gasteiger partial charge in [0.1, 0.15) is 11.6 Å². The van der Waals surface area contributed by atoms with Crippen LogP contribution in [0.25, 0.3) is 5.69 Å². The molecule has 2 aromatic rings. The van der Waals surface area contributed by atoms with E-state index in [-0.39, 0.29) is 16.7 Å². The van der Waals surface area contributed by atoms with Crippen LogP contribution < -0.4 is 5.32 Å². The zero-order valence-corrected chi connectivity index (χ0v) is 26.4. The van der Waals surface area contributed by atoms with Gasteiger partial charge in [0.2, 0.25) is 21.8 Å². The number of sulfonamides is 1. The topological polar surface area (TPSA) is 108 Å². The summed E-state index contributed by atoms with van der Waals surface area (Å²) in [7, 11) is -0.466. The summed E-state index contributed by atoms with van der Waals surface area (Å²) >= 11 is 0. The lowest BCUT2D eigenvalue weighted by atomic mass is 9.80. The first-order valence-electron chi connectivity index (χ1n) is 14.7. The number of likely N-dealkylation sites (tertiary alicyclic amines) is 1. The van der Waals surface area contributed by atoms with Gasteiger partial charge < -0.3 is 10.2 Å². The number of unbranched alkanes of at least 4 members (excludes halogenated alkanes) is 1. The normalized spacial score (nSPS) is 19.9. The SMILES string of the molecule is CCCCN1C(=O)C(CC(C)C)NC(=O)C12CCN(Cc1c(C)nn(-c3ccc(S(=O)(=O)N(C)C)cc3)c1C)CC2. The van der Waals surface area contributed by atoms with Crippen molar-refractivity contribution in [3.63, 3.8) is 0 Å². The van der Waals surface area contributed by atoms with Gasteiger partial charge in [-0.1, -0.05) is 27.2 Å². The first kappa shape index (κ1) is 31.2. The second-order valence-electron chi connectivity index (χ2n) is 12.1. The van der Waals surface area contributed by atoms with Crippen LogP contribution in [-0.2, 0) is 26.2 Å². The molecule has 11 heteroatoms. The monoisotopic (exact) mass is 586 g/mol. The number of piperidine rings is 1.